The fourth-order valence-electron chi connectivity index (χ4n) is 1.22. The van der Waals surface area contributed by atoms with E-state index >= 15 is 0 Å². The predicted octanol–water partition coefficient (Wildman–Crippen LogP) is -0.0712. The van der Waals surface area contributed by atoms with Gasteiger partial charge >= 0.3 is 5.97 Å². The van der Waals surface area contributed by atoms with Crippen LogP contribution in [0.4, 0.5) is 0 Å². The van der Waals surface area contributed by atoms with Gasteiger partial charge in [-0.25, -0.2) is 4.79 Å². The molecule has 0 saturated heterocycles. The zero-order chi connectivity index (χ0) is 13.5. The minimum absolute atomic E-state index is 0.0584. The van der Waals surface area contributed by atoms with Crippen LogP contribution >= 0.6 is 0 Å². The minimum atomic E-state index is -1.08. The van der Waals surface area contributed by atoms with Gasteiger partial charge in [-0.15, -0.1) is 0 Å². The summed E-state index contributed by atoms with van der Waals surface area (Å²) in [6.45, 7) is -0.242. The summed E-state index contributed by atoms with van der Waals surface area (Å²) in [4.78, 5) is 21.7. The lowest BCUT2D eigenvalue weighted by Crippen LogP contribution is -2.27. The highest BCUT2D eigenvalue weighted by molar-refractivity contribution is 5.95. The second kappa shape index (κ2) is 6.45. The normalized spacial score (nSPS) is 10.0. The highest BCUT2D eigenvalue weighted by Gasteiger charge is 2.07. The number of nitrogens with one attached hydrogen (secondary N) is 1. The van der Waals surface area contributed by atoms with E-state index in [0.29, 0.717) is 0 Å². The number of benzene rings is 1. The lowest BCUT2D eigenvalue weighted by Gasteiger charge is -2.06. The van der Waals surface area contributed by atoms with Crippen molar-refractivity contribution in [3.63, 3.8) is 0 Å². The smallest absolute Gasteiger partial charge is 0.329 e. The number of phenols is 2. The van der Waals surface area contributed by atoms with Gasteiger partial charge < -0.3 is 25.4 Å². The summed E-state index contributed by atoms with van der Waals surface area (Å²) in [6, 6.07) is 3.51. The topological polar surface area (TPSA) is 116 Å². The molecule has 1 aromatic rings. The summed E-state index contributed by atoms with van der Waals surface area (Å²) in [5.41, 5.74) is 0.103. The van der Waals surface area contributed by atoms with Crippen molar-refractivity contribution in [1.82, 2.24) is 5.32 Å². The first kappa shape index (κ1) is 13.8. The Morgan fingerprint density at radius 1 is 1.17 bits per heavy atom. The van der Waals surface area contributed by atoms with E-state index in [1.807, 2.05) is 0 Å². The van der Waals surface area contributed by atoms with Crippen molar-refractivity contribution in [2.24, 2.45) is 0 Å². The average Bonchev–Trinajstić information content (AvgIpc) is 2.26. The molecule has 0 fully saturated rings. The molecule has 98 valence electrons. The quantitative estimate of drug-likeness (QED) is 0.529. The maximum Gasteiger partial charge on any atom is 0.329 e. The molecular formula is C11H13NO6. The molecule has 0 aliphatic carbocycles. The molecule has 0 atom stereocenters. The summed E-state index contributed by atoms with van der Waals surface area (Å²) in [5.74, 6) is -2.02. The zero-order valence-corrected chi connectivity index (χ0v) is 9.42. The molecule has 1 aromatic carbocycles. The number of phenolic OH excluding ortho intramolecular Hbond substituents is 2. The number of ether oxygens (including phenoxy) is 1. The zero-order valence-electron chi connectivity index (χ0n) is 9.42. The Morgan fingerprint density at radius 2 is 1.78 bits per heavy atom. The van der Waals surface area contributed by atoms with Crippen molar-refractivity contribution in [3.05, 3.63) is 23.8 Å². The van der Waals surface area contributed by atoms with Crippen molar-refractivity contribution < 1.29 is 29.6 Å². The van der Waals surface area contributed by atoms with Crippen LogP contribution in [0.15, 0.2) is 18.2 Å². The Balaban J connectivity index is 2.38. The number of carboxylic acid groups (broad SMARTS) is 1. The summed E-state index contributed by atoms with van der Waals surface area (Å²) in [7, 11) is 0. The second-order valence-corrected chi connectivity index (χ2v) is 3.44. The minimum Gasteiger partial charge on any atom is -0.508 e. The molecule has 0 aliphatic rings. The fourth-order valence-corrected chi connectivity index (χ4v) is 1.22. The molecular weight excluding hydrogens is 242 g/mol. The van der Waals surface area contributed by atoms with E-state index in [1.165, 1.54) is 12.1 Å². The van der Waals surface area contributed by atoms with E-state index in [9.17, 15) is 19.8 Å². The van der Waals surface area contributed by atoms with E-state index in [0.717, 1.165) is 6.07 Å². The van der Waals surface area contributed by atoms with Crippen LogP contribution in [0.1, 0.15) is 10.4 Å². The summed E-state index contributed by atoms with van der Waals surface area (Å²) in [5, 5.41) is 29.1. The van der Waals surface area contributed by atoms with Crippen LogP contribution in [0, 0.1) is 0 Å². The van der Waals surface area contributed by atoms with Crippen LogP contribution in [-0.2, 0) is 9.53 Å². The number of carboxylic acids is 1. The molecule has 7 heteroatoms. The van der Waals surface area contributed by atoms with Gasteiger partial charge in [-0.1, -0.05) is 0 Å². The molecule has 0 spiro atoms. The molecule has 0 saturated carbocycles. The number of aromatic hydroxyl groups is 2. The molecule has 0 aromatic heterocycles. The van der Waals surface area contributed by atoms with E-state index < -0.39 is 18.5 Å². The molecule has 0 aliphatic heterocycles. The van der Waals surface area contributed by atoms with E-state index in [2.05, 4.69) is 5.32 Å². The van der Waals surface area contributed by atoms with Crippen LogP contribution in [-0.4, -0.2) is 47.0 Å². The second-order valence-electron chi connectivity index (χ2n) is 3.44. The summed E-state index contributed by atoms with van der Waals surface area (Å²) >= 11 is 0. The first-order valence-electron chi connectivity index (χ1n) is 5.10. The fraction of sp³-hybridized carbons (Fsp3) is 0.273. The first-order valence-corrected chi connectivity index (χ1v) is 5.10. The van der Waals surface area contributed by atoms with Gasteiger partial charge in [-0.05, 0) is 12.1 Å². The molecule has 0 radical (unpaired) electrons. The molecule has 1 rings (SSSR count). The van der Waals surface area contributed by atoms with Gasteiger partial charge in [0.1, 0.15) is 18.1 Å². The van der Waals surface area contributed by atoms with Crippen LogP contribution < -0.4 is 5.32 Å². The van der Waals surface area contributed by atoms with E-state index in [1.54, 1.807) is 0 Å². The largest absolute Gasteiger partial charge is 0.508 e. The maximum absolute atomic E-state index is 11.5. The van der Waals surface area contributed by atoms with Gasteiger partial charge in [0.2, 0.25) is 0 Å². The Labute approximate surface area is 103 Å². The summed E-state index contributed by atoms with van der Waals surface area (Å²) in [6.07, 6.45) is 0. The van der Waals surface area contributed by atoms with Crippen molar-refractivity contribution >= 4 is 11.9 Å². The van der Waals surface area contributed by atoms with Crippen LogP contribution in [0.2, 0.25) is 0 Å². The van der Waals surface area contributed by atoms with Crippen molar-refractivity contribution in [1.29, 1.82) is 0 Å². The molecule has 18 heavy (non-hydrogen) atoms. The third kappa shape index (κ3) is 4.71. The van der Waals surface area contributed by atoms with Crippen molar-refractivity contribution in [3.8, 4) is 11.5 Å². The molecule has 1 amide bonds. The highest BCUT2D eigenvalue weighted by Crippen LogP contribution is 2.20. The predicted molar refractivity (Wildman–Crippen MR) is 60.6 cm³/mol. The number of amides is 1. The monoisotopic (exact) mass is 255 g/mol. The lowest BCUT2D eigenvalue weighted by molar-refractivity contribution is -0.142. The number of rotatable bonds is 6. The number of hydrogen-bond acceptors (Lipinski definition) is 5. The van der Waals surface area contributed by atoms with E-state index in [4.69, 9.17) is 9.84 Å². The van der Waals surface area contributed by atoms with Crippen LogP contribution in [0.25, 0.3) is 0 Å². The van der Waals surface area contributed by atoms with Gasteiger partial charge in [0.25, 0.3) is 5.91 Å². The molecule has 0 bridgehead atoms. The Hall–Kier alpha value is -2.28. The first-order chi connectivity index (χ1) is 8.49. The van der Waals surface area contributed by atoms with Crippen molar-refractivity contribution in [2.45, 2.75) is 0 Å². The third-order valence-electron chi connectivity index (χ3n) is 1.92. The van der Waals surface area contributed by atoms with Crippen LogP contribution in [0.3, 0.4) is 0 Å². The lowest BCUT2D eigenvalue weighted by atomic mass is 10.2. The number of carbonyl (C=O) groups is 2. The third-order valence-corrected chi connectivity index (χ3v) is 1.92. The SMILES string of the molecule is O=C(O)COCCNC(=O)c1cc(O)cc(O)c1. The molecule has 7 nitrogen and oxygen atoms in total. The maximum atomic E-state index is 11.5. The van der Waals surface area contributed by atoms with E-state index in [-0.39, 0.29) is 30.2 Å². The Bertz CT molecular complexity index is 425. The highest BCUT2D eigenvalue weighted by atomic mass is 16.5. The average molecular weight is 255 g/mol. The standard InChI is InChI=1S/C11H13NO6/c13-8-3-7(4-9(14)5-8)11(17)12-1-2-18-6-10(15)16/h3-5,13-14H,1-2,6H2,(H,12,17)(H,15,16). The van der Waals surface area contributed by atoms with Gasteiger partial charge in [0.05, 0.1) is 6.61 Å². The number of hydrogen-bond donors (Lipinski definition) is 4. The van der Waals surface area contributed by atoms with Gasteiger partial charge in [0, 0.05) is 18.2 Å². The molecule has 0 unspecified atom stereocenters. The van der Waals surface area contributed by atoms with Gasteiger partial charge in [-0.3, -0.25) is 4.79 Å². The molecule has 0 heterocycles. The van der Waals surface area contributed by atoms with Gasteiger partial charge in [0.15, 0.2) is 0 Å². The molecule has 4 N–H and O–H groups in total. The Morgan fingerprint density at radius 3 is 2.33 bits per heavy atom. The summed E-state index contributed by atoms with van der Waals surface area (Å²) < 4.78 is 4.72. The number of aliphatic carboxylic acids is 1. The number of carbonyl (C=O) groups excluding carboxylic acids is 1. The van der Waals surface area contributed by atoms with Crippen LogP contribution in [0.5, 0.6) is 11.5 Å². The Kier molecular flexibility index (Phi) is 4.94. The van der Waals surface area contributed by atoms with Gasteiger partial charge in [-0.2, -0.15) is 0 Å². The van der Waals surface area contributed by atoms with Crippen molar-refractivity contribution in [2.75, 3.05) is 19.8 Å².